The number of halogens is 2. The second kappa shape index (κ2) is 6.10. The molecule has 1 aromatic carbocycles. The maximum absolute atomic E-state index is 14.0. The van der Waals surface area contributed by atoms with Gasteiger partial charge >= 0.3 is 0 Å². The summed E-state index contributed by atoms with van der Waals surface area (Å²) in [6, 6.07) is 5.35. The molecule has 100 valence electrons. The molecule has 0 aliphatic carbocycles. The van der Waals surface area contributed by atoms with Gasteiger partial charge in [0, 0.05) is 35.7 Å². The largest absolute Gasteiger partial charge is 0.314 e. The van der Waals surface area contributed by atoms with Gasteiger partial charge in [0.05, 0.1) is 6.04 Å². The zero-order valence-electron chi connectivity index (χ0n) is 10.7. The summed E-state index contributed by atoms with van der Waals surface area (Å²) in [7, 11) is 3.97. The monoisotopic (exact) mass is 315 g/mol. The minimum absolute atomic E-state index is 0.0136. The number of nitrogens with zero attached hydrogens (tertiary/aromatic N) is 1. The highest BCUT2D eigenvalue weighted by atomic mass is 79.9. The quantitative estimate of drug-likeness (QED) is 0.890. The Kier molecular flexibility index (Phi) is 4.72. The highest BCUT2D eigenvalue weighted by Crippen LogP contribution is 2.26. The Bertz CT molecular complexity index is 413. The van der Waals surface area contributed by atoms with Crippen molar-refractivity contribution in [3.8, 4) is 0 Å². The van der Waals surface area contributed by atoms with Crippen LogP contribution in [0.2, 0.25) is 0 Å². The van der Waals surface area contributed by atoms with E-state index < -0.39 is 0 Å². The molecule has 1 fully saturated rings. The van der Waals surface area contributed by atoms with Crippen molar-refractivity contribution < 1.29 is 4.39 Å². The summed E-state index contributed by atoms with van der Waals surface area (Å²) in [5.74, 6) is -0.156. The number of rotatable bonds is 3. The van der Waals surface area contributed by atoms with Gasteiger partial charge in [-0.1, -0.05) is 15.9 Å². The summed E-state index contributed by atoms with van der Waals surface area (Å²) in [4.78, 5) is 2.28. The van der Waals surface area contributed by atoms with E-state index >= 15 is 0 Å². The molecule has 5 heteroatoms. The predicted octanol–water partition coefficient (Wildman–Crippen LogP) is 1.75. The lowest BCUT2D eigenvalue weighted by Crippen LogP contribution is -2.54. The summed E-state index contributed by atoms with van der Waals surface area (Å²) in [5, 5.41) is 6.61. The first kappa shape index (κ1) is 13.9. The van der Waals surface area contributed by atoms with Crippen LogP contribution in [0.5, 0.6) is 0 Å². The Hall–Kier alpha value is -0.490. The third kappa shape index (κ3) is 2.91. The number of nitrogens with one attached hydrogen (secondary N) is 2. The van der Waals surface area contributed by atoms with Crippen molar-refractivity contribution >= 4 is 15.9 Å². The average molecular weight is 316 g/mol. The smallest absolute Gasteiger partial charge is 0.128 e. The molecule has 2 N–H and O–H groups in total. The Labute approximate surface area is 116 Å². The van der Waals surface area contributed by atoms with Crippen molar-refractivity contribution in [3.63, 3.8) is 0 Å². The van der Waals surface area contributed by atoms with Gasteiger partial charge in [-0.15, -0.1) is 0 Å². The van der Waals surface area contributed by atoms with Crippen LogP contribution in [-0.2, 0) is 0 Å². The lowest BCUT2D eigenvalue weighted by Gasteiger charge is -2.38. The summed E-state index contributed by atoms with van der Waals surface area (Å²) >= 11 is 3.41. The van der Waals surface area contributed by atoms with Gasteiger partial charge in [-0.3, -0.25) is 4.90 Å². The highest BCUT2D eigenvalue weighted by molar-refractivity contribution is 9.10. The summed E-state index contributed by atoms with van der Waals surface area (Å²) in [6.45, 7) is 2.84. The third-order valence-corrected chi connectivity index (χ3v) is 4.04. The first-order valence-electron chi connectivity index (χ1n) is 6.16. The Morgan fingerprint density at radius 2 is 2.33 bits per heavy atom. The van der Waals surface area contributed by atoms with E-state index in [4.69, 9.17) is 0 Å². The Morgan fingerprint density at radius 3 is 3.00 bits per heavy atom. The van der Waals surface area contributed by atoms with Crippen LogP contribution in [0.1, 0.15) is 11.6 Å². The molecule has 18 heavy (non-hydrogen) atoms. The number of hydrogen-bond donors (Lipinski definition) is 2. The second-order valence-electron chi connectivity index (χ2n) is 4.68. The van der Waals surface area contributed by atoms with Crippen molar-refractivity contribution in [2.75, 3.05) is 33.7 Å². The molecule has 3 nitrogen and oxygen atoms in total. The van der Waals surface area contributed by atoms with Crippen LogP contribution in [0.25, 0.3) is 0 Å². The molecule has 1 aromatic rings. The third-order valence-electron chi connectivity index (χ3n) is 3.55. The second-order valence-corrected chi connectivity index (χ2v) is 5.60. The molecule has 2 unspecified atom stereocenters. The van der Waals surface area contributed by atoms with E-state index in [1.807, 2.05) is 13.1 Å². The number of piperazine rings is 1. The van der Waals surface area contributed by atoms with Crippen molar-refractivity contribution in [1.29, 1.82) is 0 Å². The van der Waals surface area contributed by atoms with Crippen LogP contribution in [-0.4, -0.2) is 44.7 Å². The zero-order valence-corrected chi connectivity index (χ0v) is 12.3. The number of hydrogen-bond acceptors (Lipinski definition) is 3. The molecule has 0 saturated carbocycles. The van der Waals surface area contributed by atoms with Crippen molar-refractivity contribution in [2.24, 2.45) is 0 Å². The normalized spacial score (nSPS) is 23.0. The molecule has 1 saturated heterocycles. The molecule has 1 aliphatic rings. The Morgan fingerprint density at radius 1 is 1.56 bits per heavy atom. The number of benzene rings is 1. The molecule has 1 heterocycles. The van der Waals surface area contributed by atoms with E-state index in [9.17, 15) is 4.39 Å². The molecular weight excluding hydrogens is 297 g/mol. The van der Waals surface area contributed by atoms with Gasteiger partial charge in [0.1, 0.15) is 5.82 Å². The number of likely N-dealkylation sites (N-methyl/N-ethyl adjacent to an activating group) is 2. The van der Waals surface area contributed by atoms with Gasteiger partial charge in [-0.2, -0.15) is 0 Å². The first-order valence-corrected chi connectivity index (χ1v) is 6.96. The highest BCUT2D eigenvalue weighted by Gasteiger charge is 2.29. The Balaban J connectivity index is 2.29. The van der Waals surface area contributed by atoms with Gasteiger partial charge in [-0.25, -0.2) is 4.39 Å². The molecule has 0 radical (unpaired) electrons. The maximum atomic E-state index is 14.0. The lowest BCUT2D eigenvalue weighted by atomic mass is 9.96. The van der Waals surface area contributed by atoms with E-state index in [1.54, 1.807) is 6.07 Å². The summed E-state index contributed by atoms with van der Waals surface area (Å²) in [6.07, 6.45) is 0. The molecule has 0 bridgehead atoms. The van der Waals surface area contributed by atoms with Crippen LogP contribution >= 0.6 is 15.9 Å². The zero-order chi connectivity index (χ0) is 13.1. The van der Waals surface area contributed by atoms with E-state index in [-0.39, 0.29) is 17.9 Å². The molecule has 2 rings (SSSR count). The van der Waals surface area contributed by atoms with Crippen molar-refractivity contribution in [2.45, 2.75) is 12.1 Å². The van der Waals surface area contributed by atoms with E-state index in [0.717, 1.165) is 24.1 Å². The maximum Gasteiger partial charge on any atom is 0.128 e. The van der Waals surface area contributed by atoms with Crippen molar-refractivity contribution in [3.05, 3.63) is 34.1 Å². The predicted molar refractivity (Wildman–Crippen MR) is 75.2 cm³/mol. The van der Waals surface area contributed by atoms with Gasteiger partial charge < -0.3 is 10.6 Å². The van der Waals surface area contributed by atoms with Gasteiger partial charge in [0.25, 0.3) is 0 Å². The molecular formula is C13H19BrFN3. The molecule has 0 spiro atoms. The van der Waals surface area contributed by atoms with Crippen LogP contribution in [0, 0.1) is 5.82 Å². The molecule has 0 amide bonds. The fourth-order valence-corrected chi connectivity index (χ4v) is 2.89. The first-order chi connectivity index (χ1) is 8.63. The molecule has 0 aromatic heterocycles. The van der Waals surface area contributed by atoms with Gasteiger partial charge in [0.2, 0.25) is 0 Å². The van der Waals surface area contributed by atoms with Crippen LogP contribution in [0.3, 0.4) is 0 Å². The van der Waals surface area contributed by atoms with Gasteiger partial charge in [-0.05, 0) is 32.3 Å². The topological polar surface area (TPSA) is 27.3 Å². The van der Waals surface area contributed by atoms with Crippen LogP contribution in [0.15, 0.2) is 22.7 Å². The minimum atomic E-state index is -0.156. The SMILES string of the molecule is CNC(c1cc(Br)ccc1F)C1CNCCN1C. The van der Waals surface area contributed by atoms with E-state index in [1.165, 1.54) is 6.07 Å². The summed E-state index contributed by atoms with van der Waals surface area (Å²) in [5.41, 5.74) is 0.715. The summed E-state index contributed by atoms with van der Waals surface area (Å²) < 4.78 is 14.9. The van der Waals surface area contributed by atoms with Crippen molar-refractivity contribution in [1.82, 2.24) is 15.5 Å². The van der Waals surface area contributed by atoms with Gasteiger partial charge in [0.15, 0.2) is 0 Å². The minimum Gasteiger partial charge on any atom is -0.314 e. The van der Waals surface area contributed by atoms with E-state index in [2.05, 4.69) is 38.5 Å². The van der Waals surface area contributed by atoms with Crippen LogP contribution in [0.4, 0.5) is 4.39 Å². The molecule has 2 atom stereocenters. The van der Waals surface area contributed by atoms with E-state index in [0.29, 0.717) is 5.56 Å². The van der Waals surface area contributed by atoms with Crippen LogP contribution < -0.4 is 10.6 Å². The standard InChI is InChI=1S/C13H19BrFN3/c1-16-13(12-8-17-5-6-18(12)2)10-7-9(14)3-4-11(10)15/h3-4,7,12-13,16-17H,5-6,8H2,1-2H3. The fourth-order valence-electron chi connectivity index (χ4n) is 2.51. The average Bonchev–Trinajstić information content (AvgIpc) is 2.36. The lowest BCUT2D eigenvalue weighted by molar-refractivity contribution is 0.160. The fraction of sp³-hybridized carbons (Fsp3) is 0.538. The molecule has 1 aliphatic heterocycles.